The van der Waals surface area contributed by atoms with Crippen LogP contribution in [0.4, 0.5) is 4.39 Å². The normalized spacial score (nSPS) is 10.4. The molecule has 0 spiro atoms. The van der Waals surface area contributed by atoms with Crippen LogP contribution >= 0.6 is 0 Å². The van der Waals surface area contributed by atoms with Crippen molar-refractivity contribution < 1.29 is 9.18 Å². The Hall–Kier alpha value is -1.96. The number of unbranched alkanes of at least 4 members (excludes halogenated alkanes) is 1. The van der Waals surface area contributed by atoms with E-state index < -0.39 is 0 Å². The quantitative estimate of drug-likeness (QED) is 0.551. The molecule has 1 nitrogen and oxygen atoms in total. The summed E-state index contributed by atoms with van der Waals surface area (Å²) >= 11 is 0. The Morgan fingerprint density at radius 1 is 1.00 bits per heavy atom. The molecule has 0 saturated carbocycles. The van der Waals surface area contributed by atoms with Crippen molar-refractivity contribution in [3.63, 3.8) is 0 Å². The van der Waals surface area contributed by atoms with Gasteiger partial charge in [-0.25, -0.2) is 4.39 Å². The van der Waals surface area contributed by atoms with Gasteiger partial charge in [0.2, 0.25) is 0 Å². The van der Waals surface area contributed by atoms with Gasteiger partial charge in [-0.15, -0.1) is 0 Å². The van der Waals surface area contributed by atoms with E-state index in [1.165, 1.54) is 17.7 Å². The Labute approximate surface area is 113 Å². The molecule has 2 aromatic rings. The van der Waals surface area contributed by atoms with Gasteiger partial charge < -0.3 is 0 Å². The maximum absolute atomic E-state index is 12.7. The van der Waals surface area contributed by atoms with Crippen LogP contribution in [0.2, 0.25) is 0 Å². The summed E-state index contributed by atoms with van der Waals surface area (Å²) in [5.41, 5.74) is 1.76. The van der Waals surface area contributed by atoms with Crippen molar-refractivity contribution >= 4 is 5.78 Å². The molecule has 0 unspecified atom stereocenters. The largest absolute Gasteiger partial charge is 0.294 e. The molecule has 0 atom stereocenters. The smallest absolute Gasteiger partial charge is 0.162 e. The third kappa shape index (κ3) is 4.32. The number of carbonyl (C=O) groups is 1. The molecule has 0 fully saturated rings. The van der Waals surface area contributed by atoms with Crippen molar-refractivity contribution in [2.75, 3.05) is 0 Å². The molecule has 0 heterocycles. The summed E-state index contributed by atoms with van der Waals surface area (Å²) in [6, 6.07) is 15.8. The van der Waals surface area contributed by atoms with Gasteiger partial charge >= 0.3 is 0 Å². The van der Waals surface area contributed by atoms with Crippen molar-refractivity contribution in [3.8, 4) is 0 Å². The van der Waals surface area contributed by atoms with Crippen LogP contribution < -0.4 is 0 Å². The van der Waals surface area contributed by atoms with E-state index in [9.17, 15) is 9.18 Å². The average Bonchev–Trinajstić information content (AvgIpc) is 2.45. The number of halogens is 1. The summed E-state index contributed by atoms with van der Waals surface area (Å²) in [6.45, 7) is 0. The van der Waals surface area contributed by atoms with Gasteiger partial charge in [0.15, 0.2) is 5.78 Å². The van der Waals surface area contributed by atoms with Crippen molar-refractivity contribution in [1.29, 1.82) is 0 Å². The molecule has 0 aliphatic rings. The Bertz CT molecular complexity index is 517. The zero-order chi connectivity index (χ0) is 13.5. The van der Waals surface area contributed by atoms with E-state index in [2.05, 4.69) is 6.42 Å². The first-order valence-electron chi connectivity index (χ1n) is 6.43. The van der Waals surface area contributed by atoms with Gasteiger partial charge in [-0.3, -0.25) is 4.79 Å². The van der Waals surface area contributed by atoms with Crippen molar-refractivity contribution in [2.24, 2.45) is 0 Å². The molecule has 0 N–H and O–H groups in total. The minimum absolute atomic E-state index is 0.0708. The molecule has 2 heteroatoms. The van der Waals surface area contributed by atoms with E-state index in [0.717, 1.165) is 12.8 Å². The van der Waals surface area contributed by atoms with E-state index in [0.29, 0.717) is 12.0 Å². The van der Waals surface area contributed by atoms with Crippen LogP contribution in [-0.2, 0) is 0 Å². The maximum atomic E-state index is 12.7. The van der Waals surface area contributed by atoms with E-state index in [1.807, 2.05) is 30.3 Å². The van der Waals surface area contributed by atoms with E-state index >= 15 is 0 Å². The van der Waals surface area contributed by atoms with Crippen molar-refractivity contribution in [3.05, 3.63) is 78.0 Å². The molecule has 1 radical (unpaired) electrons. The topological polar surface area (TPSA) is 17.1 Å². The van der Waals surface area contributed by atoms with Gasteiger partial charge in [-0.2, -0.15) is 0 Å². The van der Waals surface area contributed by atoms with Crippen LogP contribution in [0.1, 0.15) is 35.2 Å². The van der Waals surface area contributed by atoms with E-state index in [1.54, 1.807) is 12.1 Å². The highest BCUT2D eigenvalue weighted by Crippen LogP contribution is 2.12. The Balaban J connectivity index is 1.74. The summed E-state index contributed by atoms with van der Waals surface area (Å²) < 4.78 is 12.7. The van der Waals surface area contributed by atoms with Crippen LogP contribution in [0.3, 0.4) is 0 Å². The third-order valence-electron chi connectivity index (χ3n) is 2.95. The van der Waals surface area contributed by atoms with Gasteiger partial charge in [-0.1, -0.05) is 30.3 Å². The number of hydrogen-bond donors (Lipinski definition) is 0. The second-order valence-corrected chi connectivity index (χ2v) is 4.44. The lowest BCUT2D eigenvalue weighted by Gasteiger charge is -2.02. The predicted octanol–water partition coefficient (Wildman–Crippen LogP) is 4.43. The third-order valence-corrected chi connectivity index (χ3v) is 2.95. The fraction of sp³-hybridized carbons (Fsp3) is 0.176. The summed E-state index contributed by atoms with van der Waals surface area (Å²) in [6.07, 6.45) is 4.30. The minimum Gasteiger partial charge on any atom is -0.294 e. The molecular weight excluding hydrogens is 239 g/mol. The minimum atomic E-state index is -0.311. The van der Waals surface area contributed by atoms with Crippen LogP contribution in [0.5, 0.6) is 0 Å². The molecule has 2 aromatic carbocycles. The molecule has 0 aromatic heterocycles. The number of ketones is 1. The summed E-state index contributed by atoms with van der Waals surface area (Å²) in [4.78, 5) is 11.8. The summed E-state index contributed by atoms with van der Waals surface area (Å²) in [5.74, 6) is -0.240. The molecule has 0 aliphatic heterocycles. The molecule has 0 saturated heterocycles. The standard InChI is InChI=1S/C17H16FO/c18-16-12-10-15(11-13-16)17(19)9-5-4-8-14-6-2-1-3-7-14/h1-3,6-8,10-13H,4-5,9H2. The number of carbonyl (C=O) groups excluding carboxylic acids is 1. The van der Waals surface area contributed by atoms with Gasteiger partial charge in [0, 0.05) is 12.0 Å². The van der Waals surface area contributed by atoms with Gasteiger partial charge in [-0.05, 0) is 49.1 Å². The van der Waals surface area contributed by atoms with Crippen LogP contribution in [0.15, 0.2) is 54.6 Å². The van der Waals surface area contributed by atoms with Gasteiger partial charge in [0.1, 0.15) is 5.82 Å². The first-order valence-corrected chi connectivity index (χ1v) is 6.43. The summed E-state index contributed by atoms with van der Waals surface area (Å²) in [5, 5.41) is 0. The SMILES string of the molecule is O=C(CCC[CH]c1ccccc1)c1ccc(F)cc1. The first kappa shape index (κ1) is 13.5. The number of rotatable bonds is 6. The zero-order valence-corrected chi connectivity index (χ0v) is 10.7. The summed E-state index contributed by atoms with van der Waals surface area (Å²) in [7, 11) is 0. The molecule has 97 valence electrons. The van der Waals surface area contributed by atoms with E-state index in [-0.39, 0.29) is 11.6 Å². The highest BCUT2D eigenvalue weighted by Gasteiger charge is 2.05. The fourth-order valence-electron chi connectivity index (χ4n) is 1.90. The highest BCUT2D eigenvalue weighted by molar-refractivity contribution is 5.95. The Kier molecular flexibility index (Phi) is 4.85. The molecule has 19 heavy (non-hydrogen) atoms. The maximum Gasteiger partial charge on any atom is 0.162 e. The van der Waals surface area contributed by atoms with Gasteiger partial charge in [0.05, 0.1) is 0 Å². The molecule has 0 amide bonds. The van der Waals surface area contributed by atoms with Crippen LogP contribution in [-0.4, -0.2) is 5.78 Å². The predicted molar refractivity (Wildman–Crippen MR) is 74.4 cm³/mol. The zero-order valence-electron chi connectivity index (χ0n) is 10.7. The Morgan fingerprint density at radius 3 is 2.37 bits per heavy atom. The number of benzene rings is 2. The van der Waals surface area contributed by atoms with E-state index in [4.69, 9.17) is 0 Å². The fourth-order valence-corrected chi connectivity index (χ4v) is 1.90. The lowest BCUT2D eigenvalue weighted by molar-refractivity contribution is 0.0980. The van der Waals surface area contributed by atoms with Crippen molar-refractivity contribution in [2.45, 2.75) is 19.3 Å². The molecule has 2 rings (SSSR count). The average molecular weight is 255 g/mol. The highest BCUT2D eigenvalue weighted by atomic mass is 19.1. The van der Waals surface area contributed by atoms with Crippen LogP contribution in [0.25, 0.3) is 0 Å². The first-order chi connectivity index (χ1) is 9.25. The van der Waals surface area contributed by atoms with Crippen LogP contribution in [0, 0.1) is 12.2 Å². The number of Topliss-reactive ketones (excluding diaryl/α,β-unsaturated/α-hetero) is 1. The molecule has 0 bridgehead atoms. The monoisotopic (exact) mass is 255 g/mol. The van der Waals surface area contributed by atoms with Gasteiger partial charge in [0.25, 0.3) is 0 Å². The number of hydrogen-bond acceptors (Lipinski definition) is 1. The second-order valence-electron chi connectivity index (χ2n) is 4.44. The lowest BCUT2D eigenvalue weighted by Crippen LogP contribution is -1.99. The molecule has 0 aliphatic carbocycles. The lowest BCUT2D eigenvalue weighted by atomic mass is 10.0. The Morgan fingerprint density at radius 2 is 1.68 bits per heavy atom. The molecular formula is C17H16FO. The second kappa shape index (κ2) is 6.83. The van der Waals surface area contributed by atoms with Crippen molar-refractivity contribution in [1.82, 2.24) is 0 Å².